The van der Waals surface area contributed by atoms with Gasteiger partial charge < -0.3 is 0 Å². The summed E-state index contributed by atoms with van der Waals surface area (Å²) in [5.41, 5.74) is 0.949. The molecule has 0 spiro atoms. The minimum atomic E-state index is 0.153. The van der Waals surface area contributed by atoms with Crippen molar-refractivity contribution in [3.05, 3.63) is 77.9 Å². The summed E-state index contributed by atoms with van der Waals surface area (Å²) in [5, 5.41) is 2.58. The smallest absolute Gasteiger partial charge is 0.212 e. The molecule has 3 nitrogen and oxygen atoms in total. The van der Waals surface area contributed by atoms with E-state index in [4.69, 9.17) is 11.6 Å². The van der Waals surface area contributed by atoms with E-state index in [9.17, 15) is 0 Å². The Morgan fingerprint density at radius 1 is 0.913 bits per heavy atom. The van der Waals surface area contributed by atoms with Crippen LogP contribution in [0.1, 0.15) is 18.2 Å². The largest absolute Gasteiger partial charge is 0.226 e. The average molecular weight is 320 g/mol. The van der Waals surface area contributed by atoms with E-state index in [1.54, 1.807) is 0 Å². The Hall–Kier alpha value is -2.52. The predicted molar refractivity (Wildman–Crippen MR) is 93.4 cm³/mol. The summed E-state index contributed by atoms with van der Waals surface area (Å²) in [6.45, 7) is 0. The van der Waals surface area contributed by atoms with Crippen LogP contribution in [0.15, 0.2) is 66.8 Å². The quantitative estimate of drug-likeness (QED) is 0.671. The first-order valence-electron chi connectivity index (χ1n) is 7.53. The summed E-state index contributed by atoms with van der Waals surface area (Å²) in [4.78, 5) is 13.3. The molecule has 0 radical (unpaired) electrons. The monoisotopic (exact) mass is 319 g/mol. The first-order valence-corrected chi connectivity index (χ1v) is 7.91. The van der Waals surface area contributed by atoms with E-state index in [2.05, 4.69) is 51.4 Å². The molecular weight excluding hydrogens is 306 g/mol. The van der Waals surface area contributed by atoms with Crippen LogP contribution in [0.2, 0.25) is 5.28 Å². The van der Waals surface area contributed by atoms with Crippen molar-refractivity contribution in [2.24, 2.45) is 0 Å². The van der Waals surface area contributed by atoms with E-state index < -0.39 is 0 Å². The Balaban J connectivity index is 1.79. The first-order chi connectivity index (χ1) is 11.3. The first kappa shape index (κ1) is 14.1. The summed E-state index contributed by atoms with van der Waals surface area (Å²) >= 11 is 6.13. The van der Waals surface area contributed by atoms with Crippen molar-refractivity contribution in [1.82, 2.24) is 15.0 Å². The lowest BCUT2D eigenvalue weighted by atomic mass is 10.00. The third-order valence-corrected chi connectivity index (χ3v) is 4.11. The van der Waals surface area contributed by atoms with Crippen LogP contribution in [0.4, 0.5) is 0 Å². The number of fused-ring (bicyclic) bond motifs is 1. The van der Waals surface area contributed by atoms with E-state index >= 15 is 0 Å². The molecule has 0 saturated carbocycles. The number of aromatic nitrogens is 3. The molecule has 23 heavy (non-hydrogen) atoms. The van der Waals surface area contributed by atoms with Gasteiger partial charge in [0.15, 0.2) is 5.82 Å². The third-order valence-electron chi connectivity index (χ3n) is 3.95. The van der Waals surface area contributed by atoms with Gasteiger partial charge in [-0.2, -0.15) is 4.98 Å². The molecule has 3 aromatic rings. The maximum atomic E-state index is 6.13. The van der Waals surface area contributed by atoms with Gasteiger partial charge >= 0.3 is 0 Å². The number of halogens is 1. The second-order valence-electron chi connectivity index (χ2n) is 5.50. The number of hydrogen-bond donors (Lipinski definition) is 0. The standard InChI is InChI=1S/C19H14ClN3/c20-19-22-17(14-7-2-1-3-8-14)21-18(23-19)16-11-10-13-6-4-5-9-15(13)12-16/h1-7,9-12,14H,8H2. The van der Waals surface area contributed by atoms with E-state index in [1.807, 2.05) is 30.4 Å². The molecule has 1 heterocycles. The summed E-state index contributed by atoms with van der Waals surface area (Å²) in [7, 11) is 0. The van der Waals surface area contributed by atoms with Crippen molar-refractivity contribution in [2.45, 2.75) is 12.3 Å². The van der Waals surface area contributed by atoms with Crippen LogP contribution in [0.5, 0.6) is 0 Å². The highest BCUT2D eigenvalue weighted by molar-refractivity contribution is 6.28. The van der Waals surface area contributed by atoms with Gasteiger partial charge in [-0.3, -0.25) is 0 Å². The molecular formula is C19H14ClN3. The lowest BCUT2D eigenvalue weighted by Gasteiger charge is -2.12. The van der Waals surface area contributed by atoms with Crippen LogP contribution in [-0.2, 0) is 0 Å². The number of benzene rings is 2. The zero-order valence-electron chi connectivity index (χ0n) is 12.4. The molecule has 1 unspecified atom stereocenters. The molecule has 1 aliphatic rings. The highest BCUT2D eigenvalue weighted by Gasteiger charge is 2.15. The van der Waals surface area contributed by atoms with Gasteiger partial charge in [-0.25, -0.2) is 9.97 Å². The summed E-state index contributed by atoms with van der Waals surface area (Å²) in [5.74, 6) is 1.49. The molecule has 0 N–H and O–H groups in total. The van der Waals surface area contributed by atoms with Crippen molar-refractivity contribution >= 4 is 22.4 Å². The normalized spacial score (nSPS) is 16.8. The van der Waals surface area contributed by atoms with Gasteiger partial charge in [0.05, 0.1) is 0 Å². The summed E-state index contributed by atoms with van der Waals surface area (Å²) < 4.78 is 0. The van der Waals surface area contributed by atoms with E-state index in [0.29, 0.717) is 11.6 Å². The molecule has 1 aromatic heterocycles. The van der Waals surface area contributed by atoms with Gasteiger partial charge in [0.25, 0.3) is 0 Å². The van der Waals surface area contributed by atoms with Gasteiger partial charge in [-0.05, 0) is 34.9 Å². The van der Waals surface area contributed by atoms with Crippen molar-refractivity contribution in [3.63, 3.8) is 0 Å². The second-order valence-corrected chi connectivity index (χ2v) is 5.84. The molecule has 112 valence electrons. The van der Waals surface area contributed by atoms with Crippen LogP contribution in [-0.4, -0.2) is 15.0 Å². The minimum absolute atomic E-state index is 0.153. The summed E-state index contributed by atoms with van der Waals surface area (Å²) in [6.07, 6.45) is 9.13. The van der Waals surface area contributed by atoms with Crippen LogP contribution in [0.25, 0.3) is 22.2 Å². The van der Waals surface area contributed by atoms with Crippen LogP contribution >= 0.6 is 11.6 Å². The molecule has 2 aromatic carbocycles. The van der Waals surface area contributed by atoms with Gasteiger partial charge in [0.1, 0.15) is 5.82 Å². The SMILES string of the molecule is Clc1nc(-c2ccc3ccccc3c2)nc(C2C=CC=CC2)n1. The maximum absolute atomic E-state index is 6.13. The third kappa shape index (κ3) is 2.88. The predicted octanol–water partition coefficient (Wildman–Crippen LogP) is 4.94. The van der Waals surface area contributed by atoms with Gasteiger partial charge in [-0.15, -0.1) is 0 Å². The van der Waals surface area contributed by atoms with Gasteiger partial charge in [0.2, 0.25) is 5.28 Å². The fourth-order valence-corrected chi connectivity index (χ4v) is 2.93. The van der Waals surface area contributed by atoms with Crippen molar-refractivity contribution in [2.75, 3.05) is 0 Å². The molecule has 0 bridgehead atoms. The molecule has 0 fully saturated rings. The zero-order valence-corrected chi connectivity index (χ0v) is 13.1. The Kier molecular flexibility index (Phi) is 3.64. The molecule has 1 aliphatic carbocycles. The lowest BCUT2D eigenvalue weighted by molar-refractivity contribution is 0.761. The molecule has 0 amide bonds. The van der Waals surface area contributed by atoms with E-state index in [1.165, 1.54) is 5.39 Å². The Morgan fingerprint density at radius 2 is 1.78 bits per heavy atom. The van der Waals surface area contributed by atoms with E-state index in [-0.39, 0.29) is 11.2 Å². The molecule has 1 atom stereocenters. The molecule has 4 heteroatoms. The number of hydrogen-bond acceptors (Lipinski definition) is 3. The Bertz CT molecular complexity index is 931. The fourth-order valence-electron chi connectivity index (χ4n) is 2.76. The van der Waals surface area contributed by atoms with Crippen LogP contribution < -0.4 is 0 Å². The van der Waals surface area contributed by atoms with Gasteiger partial charge in [0, 0.05) is 11.5 Å². The minimum Gasteiger partial charge on any atom is -0.212 e. The maximum Gasteiger partial charge on any atom is 0.226 e. The van der Waals surface area contributed by atoms with Crippen molar-refractivity contribution < 1.29 is 0 Å². The highest BCUT2D eigenvalue weighted by atomic mass is 35.5. The lowest BCUT2D eigenvalue weighted by Crippen LogP contribution is -2.06. The number of nitrogens with zero attached hydrogens (tertiary/aromatic N) is 3. The Morgan fingerprint density at radius 3 is 2.61 bits per heavy atom. The van der Waals surface area contributed by atoms with Gasteiger partial charge in [-0.1, -0.05) is 60.7 Å². The average Bonchev–Trinajstić information content (AvgIpc) is 2.61. The van der Waals surface area contributed by atoms with E-state index in [0.717, 1.165) is 17.4 Å². The number of rotatable bonds is 2. The summed E-state index contributed by atoms with van der Waals surface area (Å²) in [6, 6.07) is 14.4. The zero-order chi connectivity index (χ0) is 15.6. The molecule has 0 saturated heterocycles. The molecule has 4 rings (SSSR count). The topological polar surface area (TPSA) is 38.7 Å². The Labute approximate surface area is 139 Å². The van der Waals surface area contributed by atoms with Crippen molar-refractivity contribution in [3.8, 4) is 11.4 Å². The highest BCUT2D eigenvalue weighted by Crippen LogP contribution is 2.26. The molecule has 0 aliphatic heterocycles. The number of allylic oxidation sites excluding steroid dienone is 4. The van der Waals surface area contributed by atoms with Crippen molar-refractivity contribution in [1.29, 1.82) is 0 Å². The fraction of sp³-hybridized carbons (Fsp3) is 0.105. The van der Waals surface area contributed by atoms with Crippen LogP contribution in [0, 0.1) is 0 Å². The second kappa shape index (κ2) is 5.94. The van der Waals surface area contributed by atoms with Crippen LogP contribution in [0.3, 0.4) is 0 Å².